The number of hydrogen-bond acceptors (Lipinski definition) is 5. The number of carbonyl (C=O) groups excluding carboxylic acids is 2. The third-order valence-electron chi connectivity index (χ3n) is 5.06. The normalized spacial score (nSPS) is 14.6. The molecule has 1 aliphatic rings. The Hall–Kier alpha value is -2.91. The molecule has 1 saturated carbocycles. The van der Waals surface area contributed by atoms with Crippen molar-refractivity contribution in [3.63, 3.8) is 0 Å². The molecule has 1 fully saturated rings. The topological polar surface area (TPSA) is 119 Å². The summed E-state index contributed by atoms with van der Waals surface area (Å²) in [6.07, 6.45) is 1.84. The Morgan fingerprint density at radius 3 is 2.57 bits per heavy atom. The summed E-state index contributed by atoms with van der Waals surface area (Å²) in [5.74, 6) is 0.280. The summed E-state index contributed by atoms with van der Waals surface area (Å²) in [5, 5.41) is 8.02. The minimum atomic E-state index is -3.82. The SMILES string of the molecule is CC(c1cccc(S(N)(=O)=O)c1)N(C)C(=O)COc1cccc(NC(=O)C2CC2)c1. The van der Waals surface area contributed by atoms with E-state index in [4.69, 9.17) is 9.88 Å². The molecule has 2 amide bonds. The highest BCUT2D eigenvalue weighted by atomic mass is 32.2. The summed E-state index contributed by atoms with van der Waals surface area (Å²) in [4.78, 5) is 25.9. The Balaban J connectivity index is 1.60. The smallest absolute Gasteiger partial charge is 0.260 e. The molecule has 1 aliphatic carbocycles. The summed E-state index contributed by atoms with van der Waals surface area (Å²) < 4.78 is 28.7. The van der Waals surface area contributed by atoms with Crippen LogP contribution in [0.15, 0.2) is 53.4 Å². The number of nitrogens with one attached hydrogen (secondary N) is 1. The molecule has 3 rings (SSSR count). The maximum atomic E-state index is 12.6. The van der Waals surface area contributed by atoms with Gasteiger partial charge in [-0.2, -0.15) is 0 Å². The first-order chi connectivity index (χ1) is 14.1. The van der Waals surface area contributed by atoms with Crippen LogP contribution in [0.25, 0.3) is 0 Å². The lowest BCUT2D eigenvalue weighted by Crippen LogP contribution is -2.33. The second-order valence-electron chi connectivity index (χ2n) is 7.38. The van der Waals surface area contributed by atoms with E-state index in [0.717, 1.165) is 12.8 Å². The number of rotatable bonds is 8. The van der Waals surface area contributed by atoms with Crippen molar-refractivity contribution in [2.75, 3.05) is 19.0 Å². The number of hydrogen-bond donors (Lipinski definition) is 2. The van der Waals surface area contributed by atoms with Crippen molar-refractivity contribution in [3.05, 3.63) is 54.1 Å². The van der Waals surface area contributed by atoms with E-state index in [1.54, 1.807) is 50.4 Å². The number of nitrogens with zero attached hydrogens (tertiary/aromatic N) is 1. The highest BCUT2D eigenvalue weighted by Crippen LogP contribution is 2.30. The zero-order valence-electron chi connectivity index (χ0n) is 16.9. The van der Waals surface area contributed by atoms with Crippen molar-refractivity contribution >= 4 is 27.5 Å². The van der Waals surface area contributed by atoms with Crippen molar-refractivity contribution < 1.29 is 22.7 Å². The van der Waals surface area contributed by atoms with Gasteiger partial charge in [-0.25, -0.2) is 13.6 Å². The van der Waals surface area contributed by atoms with Gasteiger partial charge in [0.15, 0.2) is 6.61 Å². The van der Waals surface area contributed by atoms with Crippen LogP contribution < -0.4 is 15.2 Å². The second kappa shape index (κ2) is 8.85. The number of benzene rings is 2. The van der Waals surface area contributed by atoms with Crippen molar-refractivity contribution in [2.45, 2.75) is 30.7 Å². The Bertz CT molecular complexity index is 1050. The monoisotopic (exact) mass is 431 g/mol. The molecule has 0 bridgehead atoms. The van der Waals surface area contributed by atoms with Gasteiger partial charge in [0.2, 0.25) is 15.9 Å². The Kier molecular flexibility index (Phi) is 6.42. The van der Waals surface area contributed by atoms with Crippen molar-refractivity contribution in [1.29, 1.82) is 0 Å². The van der Waals surface area contributed by atoms with Gasteiger partial charge in [-0.3, -0.25) is 9.59 Å². The Morgan fingerprint density at radius 1 is 1.20 bits per heavy atom. The molecule has 2 aromatic rings. The number of amides is 2. The maximum Gasteiger partial charge on any atom is 0.260 e. The molecule has 30 heavy (non-hydrogen) atoms. The molecule has 0 saturated heterocycles. The zero-order chi connectivity index (χ0) is 21.9. The van der Waals surface area contributed by atoms with E-state index < -0.39 is 10.0 Å². The molecule has 0 radical (unpaired) electrons. The first-order valence-electron chi connectivity index (χ1n) is 9.57. The van der Waals surface area contributed by atoms with E-state index in [2.05, 4.69) is 5.32 Å². The van der Waals surface area contributed by atoms with Crippen LogP contribution in [0.5, 0.6) is 5.75 Å². The quantitative estimate of drug-likeness (QED) is 0.665. The fourth-order valence-corrected chi connectivity index (χ4v) is 3.46. The lowest BCUT2D eigenvalue weighted by atomic mass is 10.1. The van der Waals surface area contributed by atoms with E-state index >= 15 is 0 Å². The van der Waals surface area contributed by atoms with Crippen LogP contribution in [0.3, 0.4) is 0 Å². The van der Waals surface area contributed by atoms with Crippen LogP contribution in [0.2, 0.25) is 0 Å². The maximum absolute atomic E-state index is 12.6. The van der Waals surface area contributed by atoms with Crippen LogP contribution >= 0.6 is 0 Å². The predicted octanol–water partition coefficient (Wildman–Crippen LogP) is 2.28. The number of sulfonamides is 1. The molecule has 0 heterocycles. The standard InChI is InChI=1S/C21H25N3O5S/c1-14(16-5-3-8-19(11-16)30(22,27)28)24(2)20(25)13-29-18-7-4-6-17(12-18)23-21(26)15-9-10-15/h3-8,11-12,14-15H,9-10,13H2,1-2H3,(H,23,26)(H2,22,27,28). The molecule has 0 spiro atoms. The first kappa shape index (κ1) is 21.8. The average molecular weight is 432 g/mol. The average Bonchev–Trinajstić information content (AvgIpc) is 3.56. The molecular weight excluding hydrogens is 406 g/mol. The fraction of sp³-hybridized carbons (Fsp3) is 0.333. The van der Waals surface area contributed by atoms with Crippen LogP contribution in [-0.4, -0.2) is 38.8 Å². The van der Waals surface area contributed by atoms with Gasteiger partial charge < -0.3 is 15.0 Å². The summed E-state index contributed by atoms with van der Waals surface area (Å²) in [6.45, 7) is 1.59. The van der Waals surface area contributed by atoms with Crippen molar-refractivity contribution in [3.8, 4) is 5.75 Å². The number of carbonyl (C=O) groups is 2. The largest absolute Gasteiger partial charge is 0.484 e. The van der Waals surface area contributed by atoms with Gasteiger partial charge >= 0.3 is 0 Å². The number of primary sulfonamides is 1. The third-order valence-corrected chi connectivity index (χ3v) is 5.97. The third kappa shape index (κ3) is 5.58. The first-order valence-corrected chi connectivity index (χ1v) is 11.1. The van der Waals surface area contributed by atoms with Gasteiger partial charge in [0.25, 0.3) is 5.91 Å². The van der Waals surface area contributed by atoms with Crippen LogP contribution in [0.4, 0.5) is 5.69 Å². The summed E-state index contributed by atoms with van der Waals surface area (Å²) in [5.41, 5.74) is 1.26. The number of nitrogens with two attached hydrogens (primary N) is 1. The lowest BCUT2D eigenvalue weighted by Gasteiger charge is -2.25. The van der Waals surface area contributed by atoms with Gasteiger partial charge in [0.1, 0.15) is 5.75 Å². The van der Waals surface area contributed by atoms with Gasteiger partial charge in [-0.05, 0) is 49.6 Å². The number of likely N-dealkylation sites (N-methyl/N-ethyl adjacent to an activating group) is 1. The molecule has 9 heteroatoms. The van der Waals surface area contributed by atoms with E-state index in [1.807, 2.05) is 0 Å². The molecule has 0 aromatic heterocycles. The summed E-state index contributed by atoms with van der Waals surface area (Å²) in [7, 11) is -2.21. The van der Waals surface area contributed by atoms with Crippen LogP contribution in [0, 0.1) is 5.92 Å². The molecule has 3 N–H and O–H groups in total. The molecule has 1 unspecified atom stereocenters. The van der Waals surface area contributed by atoms with E-state index in [0.29, 0.717) is 17.0 Å². The molecular formula is C21H25N3O5S. The van der Waals surface area contributed by atoms with Crippen molar-refractivity contribution in [1.82, 2.24) is 4.90 Å². The molecule has 8 nitrogen and oxygen atoms in total. The highest BCUT2D eigenvalue weighted by Gasteiger charge is 2.29. The summed E-state index contributed by atoms with van der Waals surface area (Å²) >= 11 is 0. The summed E-state index contributed by atoms with van der Waals surface area (Å²) in [6, 6.07) is 12.7. The van der Waals surface area contributed by atoms with Crippen molar-refractivity contribution in [2.24, 2.45) is 11.1 Å². The lowest BCUT2D eigenvalue weighted by molar-refractivity contribution is -0.134. The fourth-order valence-electron chi connectivity index (χ4n) is 2.89. The van der Waals surface area contributed by atoms with Gasteiger partial charge in [0, 0.05) is 24.7 Å². The van der Waals surface area contributed by atoms with Gasteiger partial charge in [-0.1, -0.05) is 18.2 Å². The van der Waals surface area contributed by atoms with Gasteiger partial charge in [0.05, 0.1) is 10.9 Å². The predicted molar refractivity (Wildman–Crippen MR) is 112 cm³/mol. The molecule has 160 valence electrons. The van der Waals surface area contributed by atoms with E-state index in [1.165, 1.54) is 17.0 Å². The van der Waals surface area contributed by atoms with Crippen LogP contribution in [0.1, 0.15) is 31.4 Å². The zero-order valence-corrected chi connectivity index (χ0v) is 17.7. The Labute approximate surface area is 176 Å². The van der Waals surface area contributed by atoms with Crippen LogP contribution in [-0.2, 0) is 19.6 Å². The molecule has 1 atom stereocenters. The highest BCUT2D eigenvalue weighted by molar-refractivity contribution is 7.89. The van der Waals surface area contributed by atoms with E-state index in [-0.39, 0.29) is 35.3 Å². The number of anilines is 1. The number of ether oxygens (including phenoxy) is 1. The minimum absolute atomic E-state index is 0.00138. The second-order valence-corrected chi connectivity index (χ2v) is 8.94. The Morgan fingerprint density at radius 2 is 1.90 bits per heavy atom. The molecule has 0 aliphatic heterocycles. The van der Waals surface area contributed by atoms with E-state index in [9.17, 15) is 18.0 Å². The van der Waals surface area contributed by atoms with Gasteiger partial charge in [-0.15, -0.1) is 0 Å². The molecule has 2 aromatic carbocycles. The minimum Gasteiger partial charge on any atom is -0.484 e.